The number of para-hydroxylation sites is 2. The third-order valence-electron chi connectivity index (χ3n) is 2.53. The first-order valence-electron chi connectivity index (χ1n) is 6.23. The zero-order chi connectivity index (χ0) is 14.4. The first-order valence-corrected chi connectivity index (χ1v) is 7.11. The van der Waals surface area contributed by atoms with Gasteiger partial charge in [-0.05, 0) is 19.1 Å². The smallest absolute Gasteiger partial charge is 0.311 e. The SMILES string of the molecule is CCOc1ccccc1Nc1nc(CC(=O)OC)cs1. The van der Waals surface area contributed by atoms with Crippen molar-refractivity contribution in [3.8, 4) is 5.75 Å². The molecule has 0 atom stereocenters. The molecule has 0 saturated carbocycles. The summed E-state index contributed by atoms with van der Waals surface area (Å²) < 4.78 is 10.2. The first kappa shape index (κ1) is 14.3. The summed E-state index contributed by atoms with van der Waals surface area (Å²) in [7, 11) is 1.37. The maximum Gasteiger partial charge on any atom is 0.311 e. The number of nitrogens with one attached hydrogen (secondary N) is 1. The van der Waals surface area contributed by atoms with Gasteiger partial charge >= 0.3 is 5.97 Å². The molecule has 0 radical (unpaired) electrons. The average molecular weight is 292 g/mol. The molecule has 0 aliphatic carbocycles. The quantitative estimate of drug-likeness (QED) is 0.829. The third-order valence-corrected chi connectivity index (χ3v) is 3.34. The monoisotopic (exact) mass is 292 g/mol. The Bertz CT molecular complexity index is 583. The van der Waals surface area contributed by atoms with Gasteiger partial charge in [-0.15, -0.1) is 11.3 Å². The molecule has 0 aliphatic heterocycles. The molecule has 0 bridgehead atoms. The Hall–Kier alpha value is -2.08. The van der Waals surface area contributed by atoms with Gasteiger partial charge < -0.3 is 14.8 Å². The zero-order valence-electron chi connectivity index (χ0n) is 11.4. The fraction of sp³-hybridized carbons (Fsp3) is 0.286. The van der Waals surface area contributed by atoms with Crippen LogP contribution in [0.15, 0.2) is 29.6 Å². The largest absolute Gasteiger partial charge is 0.492 e. The van der Waals surface area contributed by atoms with E-state index >= 15 is 0 Å². The Labute approximate surface area is 121 Å². The summed E-state index contributed by atoms with van der Waals surface area (Å²) in [5.41, 5.74) is 1.55. The maximum atomic E-state index is 11.2. The zero-order valence-corrected chi connectivity index (χ0v) is 12.2. The van der Waals surface area contributed by atoms with Gasteiger partial charge in [0, 0.05) is 5.38 Å². The van der Waals surface area contributed by atoms with Crippen LogP contribution in [-0.2, 0) is 16.0 Å². The molecule has 2 rings (SSSR count). The van der Waals surface area contributed by atoms with Crippen molar-refractivity contribution in [2.24, 2.45) is 0 Å². The van der Waals surface area contributed by atoms with Gasteiger partial charge in [-0.2, -0.15) is 0 Å². The number of methoxy groups -OCH3 is 1. The fourth-order valence-corrected chi connectivity index (χ4v) is 2.35. The number of nitrogens with zero attached hydrogens (tertiary/aromatic N) is 1. The van der Waals surface area contributed by atoms with Gasteiger partial charge in [0.2, 0.25) is 0 Å². The summed E-state index contributed by atoms with van der Waals surface area (Å²) >= 11 is 1.44. The molecule has 1 N–H and O–H groups in total. The van der Waals surface area contributed by atoms with Crippen LogP contribution in [0.25, 0.3) is 0 Å². The van der Waals surface area contributed by atoms with E-state index in [1.807, 2.05) is 36.6 Å². The molecule has 0 aliphatic rings. The summed E-state index contributed by atoms with van der Waals surface area (Å²) in [5.74, 6) is 0.483. The second-order valence-electron chi connectivity index (χ2n) is 3.95. The summed E-state index contributed by atoms with van der Waals surface area (Å²) in [6.45, 7) is 2.54. The van der Waals surface area contributed by atoms with Crippen LogP contribution in [0.3, 0.4) is 0 Å². The van der Waals surface area contributed by atoms with Gasteiger partial charge in [0.15, 0.2) is 5.13 Å². The van der Waals surface area contributed by atoms with Gasteiger partial charge in [0.25, 0.3) is 0 Å². The molecule has 106 valence electrons. The van der Waals surface area contributed by atoms with Crippen LogP contribution in [-0.4, -0.2) is 24.7 Å². The van der Waals surface area contributed by atoms with Gasteiger partial charge in [-0.1, -0.05) is 12.1 Å². The molecular weight excluding hydrogens is 276 g/mol. The fourth-order valence-electron chi connectivity index (χ4n) is 1.63. The van der Waals surface area contributed by atoms with E-state index in [1.165, 1.54) is 18.4 Å². The van der Waals surface area contributed by atoms with Crippen molar-refractivity contribution >= 4 is 28.1 Å². The number of aromatic nitrogens is 1. The van der Waals surface area contributed by atoms with Crippen LogP contribution >= 0.6 is 11.3 Å². The van der Waals surface area contributed by atoms with E-state index in [0.717, 1.165) is 16.6 Å². The minimum absolute atomic E-state index is 0.182. The van der Waals surface area contributed by atoms with Crippen LogP contribution in [0, 0.1) is 0 Å². The lowest BCUT2D eigenvalue weighted by molar-refractivity contribution is -0.139. The Kier molecular flexibility index (Phi) is 4.95. The van der Waals surface area contributed by atoms with E-state index in [1.54, 1.807) is 0 Å². The van der Waals surface area contributed by atoms with E-state index in [2.05, 4.69) is 15.0 Å². The van der Waals surface area contributed by atoms with E-state index in [4.69, 9.17) is 4.74 Å². The molecule has 0 saturated heterocycles. The summed E-state index contributed by atoms with van der Waals surface area (Å²) in [5, 5.41) is 5.75. The topological polar surface area (TPSA) is 60.5 Å². The number of hydrogen-bond donors (Lipinski definition) is 1. The van der Waals surface area contributed by atoms with Crippen molar-refractivity contribution in [3.63, 3.8) is 0 Å². The van der Waals surface area contributed by atoms with E-state index in [-0.39, 0.29) is 12.4 Å². The van der Waals surface area contributed by atoms with E-state index < -0.39 is 0 Å². The number of esters is 1. The molecule has 1 aromatic heterocycles. The minimum Gasteiger partial charge on any atom is -0.492 e. The van der Waals surface area contributed by atoms with Crippen LogP contribution in [0.5, 0.6) is 5.75 Å². The molecule has 5 nitrogen and oxygen atoms in total. The summed E-state index contributed by atoms with van der Waals surface area (Å²) in [6, 6.07) is 7.66. The average Bonchev–Trinajstić information content (AvgIpc) is 2.88. The lowest BCUT2D eigenvalue weighted by Crippen LogP contribution is -2.04. The van der Waals surface area contributed by atoms with Crippen molar-refractivity contribution in [1.82, 2.24) is 4.98 Å². The Balaban J connectivity index is 2.08. The molecule has 0 spiro atoms. The van der Waals surface area contributed by atoms with E-state index in [0.29, 0.717) is 12.3 Å². The predicted octanol–water partition coefficient (Wildman–Crippen LogP) is 3.00. The molecule has 0 fully saturated rings. The van der Waals surface area contributed by atoms with Crippen LogP contribution in [0.2, 0.25) is 0 Å². The predicted molar refractivity (Wildman–Crippen MR) is 78.7 cm³/mol. The second-order valence-corrected chi connectivity index (χ2v) is 4.81. The number of hydrogen-bond acceptors (Lipinski definition) is 6. The Morgan fingerprint density at radius 3 is 2.95 bits per heavy atom. The third kappa shape index (κ3) is 3.71. The highest BCUT2D eigenvalue weighted by molar-refractivity contribution is 7.13. The molecule has 20 heavy (non-hydrogen) atoms. The maximum absolute atomic E-state index is 11.2. The molecule has 2 aromatic rings. The molecule has 0 amide bonds. The number of ether oxygens (including phenoxy) is 2. The minimum atomic E-state index is -0.295. The van der Waals surface area contributed by atoms with Crippen LogP contribution in [0.4, 0.5) is 10.8 Å². The normalized spacial score (nSPS) is 10.1. The number of thiazole rings is 1. The molecular formula is C14H16N2O3S. The molecule has 0 unspecified atom stereocenters. The van der Waals surface area contributed by atoms with Gasteiger partial charge in [0.1, 0.15) is 5.75 Å². The van der Waals surface area contributed by atoms with Gasteiger partial charge in [0.05, 0.1) is 31.5 Å². The van der Waals surface area contributed by atoms with Crippen LogP contribution < -0.4 is 10.1 Å². The lowest BCUT2D eigenvalue weighted by atomic mass is 10.3. The standard InChI is InChI=1S/C14H16N2O3S/c1-3-19-12-7-5-4-6-11(12)16-14-15-10(9-20-14)8-13(17)18-2/h4-7,9H,3,8H2,1-2H3,(H,15,16). The van der Waals surface area contributed by atoms with Crippen molar-refractivity contribution in [3.05, 3.63) is 35.3 Å². The Morgan fingerprint density at radius 2 is 2.20 bits per heavy atom. The Morgan fingerprint density at radius 1 is 1.40 bits per heavy atom. The highest BCUT2D eigenvalue weighted by Crippen LogP contribution is 2.29. The summed E-state index contributed by atoms with van der Waals surface area (Å²) in [4.78, 5) is 15.5. The van der Waals surface area contributed by atoms with Crippen LogP contribution in [0.1, 0.15) is 12.6 Å². The van der Waals surface area contributed by atoms with Crippen molar-refractivity contribution in [2.45, 2.75) is 13.3 Å². The number of carbonyl (C=O) groups is 1. The lowest BCUT2D eigenvalue weighted by Gasteiger charge is -2.09. The first-order chi connectivity index (χ1) is 9.72. The van der Waals surface area contributed by atoms with Gasteiger partial charge in [-0.3, -0.25) is 4.79 Å². The van der Waals surface area contributed by atoms with E-state index in [9.17, 15) is 4.79 Å². The molecule has 1 heterocycles. The summed E-state index contributed by atoms with van der Waals surface area (Å²) in [6.07, 6.45) is 0.182. The number of benzene rings is 1. The highest BCUT2D eigenvalue weighted by atomic mass is 32.1. The van der Waals surface area contributed by atoms with Gasteiger partial charge in [-0.25, -0.2) is 4.98 Å². The van der Waals surface area contributed by atoms with Crippen molar-refractivity contribution in [2.75, 3.05) is 19.0 Å². The number of anilines is 2. The number of carbonyl (C=O) groups excluding carboxylic acids is 1. The molecule has 6 heteroatoms. The number of rotatable bonds is 6. The highest BCUT2D eigenvalue weighted by Gasteiger charge is 2.09. The van der Waals surface area contributed by atoms with Crippen molar-refractivity contribution < 1.29 is 14.3 Å². The molecule has 1 aromatic carbocycles. The van der Waals surface area contributed by atoms with Crippen molar-refractivity contribution in [1.29, 1.82) is 0 Å². The second kappa shape index (κ2) is 6.91.